The summed E-state index contributed by atoms with van der Waals surface area (Å²) >= 11 is 0. The van der Waals surface area contributed by atoms with Gasteiger partial charge in [0.25, 0.3) is 0 Å². The van der Waals surface area contributed by atoms with Gasteiger partial charge in [-0.1, -0.05) is 158 Å². The van der Waals surface area contributed by atoms with Crippen molar-refractivity contribution in [1.29, 1.82) is 0 Å². The van der Waals surface area contributed by atoms with E-state index < -0.39 is 0 Å². The minimum Gasteiger partial charge on any atom is -0.309 e. The third-order valence-corrected chi connectivity index (χ3v) is 13.6. The Labute approximate surface area is 368 Å². The molecule has 0 amide bonds. The Balaban J connectivity index is 1.02. The molecule has 4 heteroatoms. The number of aromatic nitrogens is 4. The fourth-order valence-electron chi connectivity index (χ4n) is 11.0. The van der Waals surface area contributed by atoms with Crippen molar-refractivity contribution in [3.63, 3.8) is 0 Å². The number of hydrogen-bond donors (Lipinski definition) is 0. The summed E-state index contributed by atoms with van der Waals surface area (Å²) in [5.74, 6) is 0. The molecule has 0 atom stereocenters. The minimum atomic E-state index is 1.12. The number of benzene rings is 10. The Morgan fingerprint density at radius 3 is 0.984 bits per heavy atom. The molecule has 0 N–H and O–H groups in total. The molecule has 64 heavy (non-hydrogen) atoms. The van der Waals surface area contributed by atoms with Crippen LogP contribution in [0.2, 0.25) is 0 Å². The average molecular weight is 815 g/mol. The normalized spacial score (nSPS) is 12.1. The zero-order chi connectivity index (χ0) is 41.9. The van der Waals surface area contributed by atoms with Gasteiger partial charge in [-0.2, -0.15) is 0 Å². The number of para-hydroxylation sites is 9. The summed E-state index contributed by atoms with van der Waals surface area (Å²) in [6, 6.07) is 84.5. The molecule has 0 radical (unpaired) electrons. The van der Waals surface area contributed by atoms with Crippen LogP contribution >= 0.6 is 0 Å². The topological polar surface area (TPSA) is 19.7 Å². The van der Waals surface area contributed by atoms with Crippen molar-refractivity contribution in [2.45, 2.75) is 0 Å². The molecule has 10 aromatic carbocycles. The first-order valence-electron chi connectivity index (χ1n) is 22.0. The number of rotatable bonds is 5. The van der Waals surface area contributed by atoms with Crippen molar-refractivity contribution < 1.29 is 0 Å². The Kier molecular flexibility index (Phi) is 7.36. The minimum absolute atomic E-state index is 1.12. The maximum atomic E-state index is 2.49. The summed E-state index contributed by atoms with van der Waals surface area (Å²) in [4.78, 5) is 0. The molecule has 0 unspecified atom stereocenters. The average Bonchev–Trinajstić information content (AvgIpc) is 4.09. The summed E-state index contributed by atoms with van der Waals surface area (Å²) in [7, 11) is 0. The molecule has 0 bridgehead atoms. The lowest BCUT2D eigenvalue weighted by Gasteiger charge is -2.18. The smallest absolute Gasteiger partial charge is 0.0782 e. The fraction of sp³-hybridized carbons (Fsp3) is 0. The maximum absolute atomic E-state index is 2.49. The lowest BCUT2D eigenvalue weighted by atomic mass is 10.0. The molecule has 0 fully saturated rings. The van der Waals surface area contributed by atoms with Crippen LogP contribution in [0.15, 0.2) is 231 Å². The van der Waals surface area contributed by atoms with Gasteiger partial charge in [0.05, 0.1) is 61.2 Å². The zero-order valence-electron chi connectivity index (χ0n) is 34.7. The predicted octanol–water partition coefficient (Wildman–Crippen LogP) is 15.7. The second-order valence-electron chi connectivity index (χ2n) is 16.9. The highest BCUT2D eigenvalue weighted by Gasteiger charge is 2.23. The van der Waals surface area contributed by atoms with Gasteiger partial charge in [0.15, 0.2) is 0 Å². The molecule has 0 saturated heterocycles. The summed E-state index contributed by atoms with van der Waals surface area (Å²) in [5.41, 5.74) is 16.4. The molecule has 0 aliphatic heterocycles. The largest absolute Gasteiger partial charge is 0.309 e. The van der Waals surface area contributed by atoms with Crippen LogP contribution in [0, 0.1) is 0 Å². The van der Waals surface area contributed by atoms with Crippen LogP contribution in [0.3, 0.4) is 0 Å². The molecule has 0 saturated carbocycles. The van der Waals surface area contributed by atoms with E-state index in [0.29, 0.717) is 0 Å². The highest BCUT2D eigenvalue weighted by Crippen LogP contribution is 2.43. The Hall–Kier alpha value is -8.60. The van der Waals surface area contributed by atoms with E-state index in [1.165, 1.54) is 92.8 Å². The molecule has 14 rings (SSSR count). The lowest BCUT2D eigenvalue weighted by molar-refractivity contribution is 1.13. The summed E-state index contributed by atoms with van der Waals surface area (Å²) in [6.45, 7) is 0. The monoisotopic (exact) mass is 814 g/mol. The summed E-state index contributed by atoms with van der Waals surface area (Å²) in [6.07, 6.45) is 0. The van der Waals surface area contributed by atoms with Crippen molar-refractivity contribution in [3.05, 3.63) is 231 Å². The molecule has 0 aliphatic rings. The third kappa shape index (κ3) is 4.82. The van der Waals surface area contributed by atoms with Gasteiger partial charge in [0, 0.05) is 59.9 Å². The Morgan fingerprint density at radius 1 is 0.203 bits per heavy atom. The van der Waals surface area contributed by atoms with Crippen LogP contribution in [0.5, 0.6) is 0 Å². The van der Waals surface area contributed by atoms with Gasteiger partial charge >= 0.3 is 0 Å². The van der Waals surface area contributed by atoms with E-state index in [-0.39, 0.29) is 0 Å². The number of fused-ring (bicyclic) bond motifs is 12. The highest BCUT2D eigenvalue weighted by atomic mass is 15.1. The van der Waals surface area contributed by atoms with Crippen molar-refractivity contribution >= 4 is 87.2 Å². The van der Waals surface area contributed by atoms with E-state index in [9.17, 15) is 0 Å². The SMILES string of the molecule is c1ccc(-n2c3ccccc3c3ccccc32)c(-c2ccccc2-n2c3ccccc3c3cc(-n4c5ccccc5c5cccc(-n6c7ccccc7c7ccccc76)c54)ccc32)c1. The highest BCUT2D eigenvalue weighted by molar-refractivity contribution is 6.16. The summed E-state index contributed by atoms with van der Waals surface area (Å²) < 4.78 is 9.86. The van der Waals surface area contributed by atoms with Gasteiger partial charge in [-0.25, -0.2) is 0 Å². The van der Waals surface area contributed by atoms with Gasteiger partial charge in [-0.05, 0) is 72.8 Å². The molecule has 0 aliphatic carbocycles. The lowest BCUT2D eigenvalue weighted by Crippen LogP contribution is -2.02. The van der Waals surface area contributed by atoms with Gasteiger partial charge in [0.1, 0.15) is 0 Å². The number of hydrogen-bond acceptors (Lipinski definition) is 0. The van der Waals surface area contributed by atoms with E-state index in [1.54, 1.807) is 0 Å². The van der Waals surface area contributed by atoms with Crippen molar-refractivity contribution in [1.82, 2.24) is 18.3 Å². The molecular weight excluding hydrogens is 777 g/mol. The maximum Gasteiger partial charge on any atom is 0.0782 e. The fourth-order valence-corrected chi connectivity index (χ4v) is 11.0. The van der Waals surface area contributed by atoms with E-state index >= 15 is 0 Å². The third-order valence-electron chi connectivity index (χ3n) is 13.6. The van der Waals surface area contributed by atoms with Crippen molar-refractivity contribution in [3.8, 4) is 33.9 Å². The van der Waals surface area contributed by atoms with Crippen LogP contribution < -0.4 is 0 Å². The standard InChI is InChI=1S/C60H38N4/c1-10-28-51-40(18-1)41-19-2-11-29-52(41)62(51)53-30-12-3-20-42(53)43-21-4-13-31-54(43)63-57-34-16-8-25-47(57)49-38-39(36-37-58(49)63)61-50-27-9-7-24-46(50)48-26-17-35-59(60(48)61)64-55-32-14-5-22-44(55)45-23-6-15-33-56(45)64/h1-38H. The van der Waals surface area contributed by atoms with E-state index in [4.69, 9.17) is 0 Å². The van der Waals surface area contributed by atoms with E-state index in [1.807, 2.05) is 0 Å². The van der Waals surface area contributed by atoms with Crippen molar-refractivity contribution in [2.75, 3.05) is 0 Å². The molecule has 14 aromatic rings. The molecule has 4 heterocycles. The second-order valence-corrected chi connectivity index (χ2v) is 16.9. The molecule has 4 aromatic heterocycles. The first-order chi connectivity index (χ1) is 31.8. The second kappa shape index (κ2) is 13.4. The molecule has 4 nitrogen and oxygen atoms in total. The molecular formula is C60H38N4. The van der Waals surface area contributed by atoms with Gasteiger partial charge in [-0.15, -0.1) is 0 Å². The van der Waals surface area contributed by atoms with Gasteiger partial charge < -0.3 is 18.3 Å². The first kappa shape index (κ1) is 35.0. The van der Waals surface area contributed by atoms with Crippen LogP contribution in [0.4, 0.5) is 0 Å². The van der Waals surface area contributed by atoms with Crippen LogP contribution in [0.25, 0.3) is 121 Å². The first-order valence-corrected chi connectivity index (χ1v) is 22.0. The summed E-state index contributed by atoms with van der Waals surface area (Å²) in [5, 5.41) is 9.91. The Bertz CT molecular complexity index is 4100. The van der Waals surface area contributed by atoms with Gasteiger partial charge in [-0.3, -0.25) is 0 Å². The quantitative estimate of drug-likeness (QED) is 0.165. The van der Waals surface area contributed by atoms with E-state index in [0.717, 1.165) is 28.3 Å². The van der Waals surface area contributed by atoms with Gasteiger partial charge in [0.2, 0.25) is 0 Å². The van der Waals surface area contributed by atoms with Crippen LogP contribution in [0.1, 0.15) is 0 Å². The predicted molar refractivity (Wildman–Crippen MR) is 269 cm³/mol. The zero-order valence-corrected chi connectivity index (χ0v) is 34.7. The van der Waals surface area contributed by atoms with Crippen LogP contribution in [-0.4, -0.2) is 18.3 Å². The van der Waals surface area contributed by atoms with Crippen LogP contribution in [-0.2, 0) is 0 Å². The Morgan fingerprint density at radius 2 is 0.516 bits per heavy atom. The number of nitrogens with zero attached hydrogens (tertiary/aromatic N) is 4. The van der Waals surface area contributed by atoms with Crippen molar-refractivity contribution in [2.24, 2.45) is 0 Å². The molecule has 0 spiro atoms. The molecule has 298 valence electrons. The van der Waals surface area contributed by atoms with E-state index in [2.05, 4.69) is 249 Å².